The molecule has 0 radical (unpaired) electrons. The van der Waals surface area contributed by atoms with E-state index in [9.17, 15) is 31.4 Å². The Morgan fingerprint density at radius 1 is 0.968 bits per heavy atom. The molecule has 31 heavy (non-hydrogen) atoms. The number of hydrogen-bond acceptors (Lipinski definition) is 3. The van der Waals surface area contributed by atoms with E-state index < -0.39 is 35.7 Å². The molecule has 1 aliphatic heterocycles. The molecule has 0 spiro atoms. The lowest BCUT2D eigenvalue weighted by Crippen LogP contribution is -2.41. The molecule has 0 bridgehead atoms. The Kier molecular flexibility index (Phi) is 6.98. The molecule has 3 nitrogen and oxygen atoms in total. The summed E-state index contributed by atoms with van der Waals surface area (Å²) in [5.74, 6) is -0.643. The van der Waals surface area contributed by atoms with Gasteiger partial charge in [-0.3, -0.25) is 0 Å². The van der Waals surface area contributed by atoms with Crippen LogP contribution < -0.4 is 0 Å². The van der Waals surface area contributed by atoms with Gasteiger partial charge < -0.3 is 14.6 Å². The van der Waals surface area contributed by atoms with Crippen LogP contribution in [-0.2, 0) is 21.8 Å². The summed E-state index contributed by atoms with van der Waals surface area (Å²) in [7, 11) is 0. The smallest absolute Gasteiger partial charge is 0.396 e. The van der Waals surface area contributed by atoms with Crippen LogP contribution >= 0.6 is 0 Å². The summed E-state index contributed by atoms with van der Waals surface area (Å²) in [6.45, 7) is 1.58. The van der Waals surface area contributed by atoms with Crippen LogP contribution in [0.15, 0.2) is 48.5 Å². The van der Waals surface area contributed by atoms with Gasteiger partial charge >= 0.3 is 12.4 Å². The molecule has 1 N–H and O–H groups in total. The third-order valence-electron chi connectivity index (χ3n) is 5.40. The van der Waals surface area contributed by atoms with E-state index in [1.54, 1.807) is 0 Å². The van der Waals surface area contributed by atoms with E-state index in [1.165, 1.54) is 6.92 Å². The van der Waals surface area contributed by atoms with Crippen molar-refractivity contribution >= 4 is 0 Å². The van der Waals surface area contributed by atoms with Crippen molar-refractivity contribution in [2.24, 2.45) is 5.92 Å². The lowest BCUT2D eigenvalue weighted by atomic mass is 9.81. The Labute approximate surface area is 175 Å². The molecular weight excluding hydrogens is 426 g/mol. The highest BCUT2D eigenvalue weighted by atomic mass is 19.4. The molecule has 1 aliphatic rings. The Balaban J connectivity index is 1.92. The second kappa shape index (κ2) is 9.18. The number of halogens is 6. The maximum absolute atomic E-state index is 13.2. The second-order valence-electron chi connectivity index (χ2n) is 7.57. The molecule has 1 fully saturated rings. The highest BCUT2D eigenvalue weighted by Gasteiger charge is 2.39. The van der Waals surface area contributed by atoms with E-state index in [1.807, 2.05) is 30.3 Å². The molecule has 1 saturated heterocycles. The molecule has 170 valence electrons. The van der Waals surface area contributed by atoms with Crippen molar-refractivity contribution in [3.63, 3.8) is 0 Å². The number of aliphatic hydroxyl groups is 1. The van der Waals surface area contributed by atoms with Crippen LogP contribution in [-0.4, -0.2) is 31.0 Å². The lowest BCUT2D eigenvalue weighted by Gasteiger charge is -2.39. The second-order valence-corrected chi connectivity index (χ2v) is 7.57. The first-order valence-electron chi connectivity index (χ1n) is 9.69. The zero-order valence-electron chi connectivity index (χ0n) is 16.6. The van der Waals surface area contributed by atoms with Crippen LogP contribution in [0.1, 0.15) is 41.2 Å². The summed E-state index contributed by atoms with van der Waals surface area (Å²) in [5, 5.41) is 9.76. The first-order chi connectivity index (χ1) is 14.5. The van der Waals surface area contributed by atoms with Crippen molar-refractivity contribution in [1.82, 2.24) is 0 Å². The van der Waals surface area contributed by atoms with Gasteiger partial charge in [-0.15, -0.1) is 0 Å². The van der Waals surface area contributed by atoms with Crippen molar-refractivity contribution in [2.45, 2.75) is 37.4 Å². The highest BCUT2D eigenvalue weighted by Crippen LogP contribution is 2.40. The molecule has 1 heterocycles. The number of rotatable bonds is 5. The highest BCUT2D eigenvalue weighted by molar-refractivity contribution is 5.35. The van der Waals surface area contributed by atoms with Gasteiger partial charge in [0.05, 0.1) is 36.5 Å². The fraction of sp³-hybridized carbons (Fsp3) is 0.455. The van der Waals surface area contributed by atoms with E-state index in [2.05, 4.69) is 0 Å². The summed E-state index contributed by atoms with van der Waals surface area (Å²) in [6.07, 6.45) is -11.6. The molecule has 0 amide bonds. The number of ether oxygens (including phenoxy) is 2. The van der Waals surface area contributed by atoms with Crippen LogP contribution in [0.3, 0.4) is 0 Å². The number of benzene rings is 2. The Hall–Kier alpha value is -2.10. The minimum absolute atomic E-state index is 0.0918. The predicted molar refractivity (Wildman–Crippen MR) is 100 cm³/mol. The first-order valence-corrected chi connectivity index (χ1v) is 9.69. The van der Waals surface area contributed by atoms with Gasteiger partial charge in [0.2, 0.25) is 0 Å². The van der Waals surface area contributed by atoms with Gasteiger partial charge in [-0.1, -0.05) is 30.3 Å². The van der Waals surface area contributed by atoms with Crippen LogP contribution in [0.2, 0.25) is 0 Å². The standard InChI is InChI=1S/C22H22F6O3/c1-13(15-7-17(21(23,24)25)9-18(8-15)22(26,27)28)31-19-12-30-11-16(10-29)20(19)14-5-3-2-4-6-14/h2-9,13,16,19-20,29H,10-12H2,1H3/t13-,16-,19+,20+/m1/s1. The minimum atomic E-state index is -4.93. The molecule has 2 aromatic carbocycles. The van der Waals surface area contributed by atoms with Gasteiger partial charge in [0.25, 0.3) is 0 Å². The third-order valence-corrected chi connectivity index (χ3v) is 5.40. The van der Waals surface area contributed by atoms with Gasteiger partial charge in [-0.05, 0) is 36.2 Å². The quantitative estimate of drug-likeness (QED) is 0.606. The topological polar surface area (TPSA) is 38.7 Å². The zero-order chi connectivity index (χ0) is 22.8. The number of aliphatic hydroxyl groups excluding tert-OH is 1. The van der Waals surface area contributed by atoms with Crippen molar-refractivity contribution in [3.8, 4) is 0 Å². The summed E-state index contributed by atoms with van der Waals surface area (Å²) in [4.78, 5) is 0. The summed E-state index contributed by atoms with van der Waals surface area (Å²) < 4.78 is 90.5. The maximum atomic E-state index is 13.2. The Morgan fingerprint density at radius 3 is 2.06 bits per heavy atom. The molecule has 0 aromatic heterocycles. The van der Waals surface area contributed by atoms with Crippen molar-refractivity contribution < 1.29 is 40.9 Å². The molecule has 0 unspecified atom stereocenters. The average molecular weight is 448 g/mol. The van der Waals surface area contributed by atoms with E-state index in [-0.39, 0.29) is 43.3 Å². The fourth-order valence-corrected chi connectivity index (χ4v) is 3.85. The molecule has 9 heteroatoms. The van der Waals surface area contributed by atoms with Crippen LogP contribution in [0.4, 0.5) is 26.3 Å². The van der Waals surface area contributed by atoms with E-state index in [4.69, 9.17) is 9.47 Å². The monoisotopic (exact) mass is 448 g/mol. The third kappa shape index (κ3) is 5.58. The fourth-order valence-electron chi connectivity index (χ4n) is 3.85. The molecule has 0 saturated carbocycles. The number of alkyl halides is 6. The van der Waals surface area contributed by atoms with Crippen molar-refractivity contribution in [3.05, 3.63) is 70.8 Å². The maximum Gasteiger partial charge on any atom is 0.416 e. The summed E-state index contributed by atoms with van der Waals surface area (Å²) >= 11 is 0. The van der Waals surface area contributed by atoms with Gasteiger partial charge in [0.15, 0.2) is 0 Å². The SMILES string of the molecule is C[C@@H](O[C@H]1COC[C@@H](CO)[C@@H]1c1ccccc1)c1cc(C(F)(F)F)cc(C(F)(F)F)c1. The molecule has 2 aromatic rings. The van der Waals surface area contributed by atoms with Gasteiger partial charge in [-0.2, -0.15) is 26.3 Å². The van der Waals surface area contributed by atoms with Crippen molar-refractivity contribution in [2.75, 3.05) is 19.8 Å². The van der Waals surface area contributed by atoms with Crippen LogP contribution in [0, 0.1) is 5.92 Å². The summed E-state index contributed by atoms with van der Waals surface area (Å²) in [6, 6.07) is 10.5. The lowest BCUT2D eigenvalue weighted by molar-refractivity contribution is -0.143. The van der Waals surface area contributed by atoms with Crippen LogP contribution in [0.5, 0.6) is 0 Å². The zero-order valence-corrected chi connectivity index (χ0v) is 16.6. The van der Waals surface area contributed by atoms with E-state index in [0.29, 0.717) is 12.1 Å². The van der Waals surface area contributed by atoms with Gasteiger partial charge in [-0.25, -0.2) is 0 Å². The Morgan fingerprint density at radius 2 is 1.55 bits per heavy atom. The molecule has 3 rings (SSSR count). The van der Waals surface area contributed by atoms with Crippen LogP contribution in [0.25, 0.3) is 0 Å². The predicted octanol–water partition coefficient (Wildman–Crippen LogP) is 5.59. The van der Waals surface area contributed by atoms with E-state index in [0.717, 1.165) is 5.56 Å². The molecule has 4 atom stereocenters. The largest absolute Gasteiger partial charge is 0.416 e. The molecular formula is C22H22F6O3. The molecule has 0 aliphatic carbocycles. The van der Waals surface area contributed by atoms with Gasteiger partial charge in [0, 0.05) is 18.4 Å². The van der Waals surface area contributed by atoms with E-state index >= 15 is 0 Å². The average Bonchev–Trinajstić information content (AvgIpc) is 2.72. The minimum Gasteiger partial charge on any atom is -0.396 e. The normalized spacial score (nSPS) is 23.5. The van der Waals surface area contributed by atoms with Gasteiger partial charge in [0.1, 0.15) is 0 Å². The summed E-state index contributed by atoms with van der Waals surface area (Å²) in [5.41, 5.74) is -2.16. The first kappa shape index (κ1) is 23.6. The number of hydrogen-bond donors (Lipinski definition) is 1. The van der Waals surface area contributed by atoms with Crippen molar-refractivity contribution in [1.29, 1.82) is 0 Å². The Bertz CT molecular complexity index is 834.